The standard InChI is InChI=1S/C15H16O2.C12H10O2S/c1-15(2,11-3-7-13(16)8-4-11)12-5-9-14(17)10-6-12;13-15(14,11-7-3-1-4-8-11)12-9-5-2-6-10-12/h3-10,16-17H,1-2H3;1-10H. The van der Waals surface area contributed by atoms with Crippen LogP contribution in [0.2, 0.25) is 0 Å². The summed E-state index contributed by atoms with van der Waals surface area (Å²) in [6, 6.07) is 31.3. The first-order valence-electron chi connectivity index (χ1n) is 10.2. The molecule has 0 aromatic heterocycles. The topological polar surface area (TPSA) is 74.6 Å². The van der Waals surface area contributed by atoms with Gasteiger partial charge in [0, 0.05) is 5.41 Å². The third kappa shape index (κ3) is 5.37. The maximum atomic E-state index is 12.0. The van der Waals surface area contributed by atoms with Crippen LogP contribution in [-0.4, -0.2) is 18.6 Å². The quantitative estimate of drug-likeness (QED) is 0.407. The molecule has 2 N–H and O–H groups in total. The van der Waals surface area contributed by atoms with Crippen LogP contribution in [0.25, 0.3) is 0 Å². The van der Waals surface area contributed by atoms with Gasteiger partial charge in [-0.05, 0) is 59.7 Å². The van der Waals surface area contributed by atoms with E-state index < -0.39 is 9.84 Å². The number of hydrogen-bond donors (Lipinski definition) is 2. The molecule has 0 spiro atoms. The smallest absolute Gasteiger partial charge is 0.206 e. The number of hydrogen-bond acceptors (Lipinski definition) is 4. The summed E-state index contributed by atoms with van der Waals surface area (Å²) < 4.78 is 24.1. The van der Waals surface area contributed by atoms with Crippen molar-refractivity contribution in [3.05, 3.63) is 120 Å². The predicted molar refractivity (Wildman–Crippen MR) is 127 cm³/mol. The molecule has 0 aliphatic heterocycles. The van der Waals surface area contributed by atoms with Crippen LogP contribution >= 0.6 is 0 Å². The lowest BCUT2D eigenvalue weighted by atomic mass is 9.78. The molecule has 0 bridgehead atoms. The Morgan fingerprint density at radius 3 is 1.16 bits per heavy atom. The minimum absolute atomic E-state index is 0.151. The van der Waals surface area contributed by atoms with Crippen molar-refractivity contribution in [1.29, 1.82) is 0 Å². The van der Waals surface area contributed by atoms with Gasteiger partial charge in [-0.3, -0.25) is 0 Å². The molecule has 0 fully saturated rings. The van der Waals surface area contributed by atoms with Gasteiger partial charge in [0.05, 0.1) is 9.79 Å². The molecule has 0 aliphatic carbocycles. The summed E-state index contributed by atoms with van der Waals surface area (Å²) in [6.45, 7) is 4.23. The molecule has 0 radical (unpaired) electrons. The number of sulfone groups is 1. The summed E-state index contributed by atoms with van der Waals surface area (Å²) in [6.07, 6.45) is 0. The zero-order valence-electron chi connectivity index (χ0n) is 18.0. The van der Waals surface area contributed by atoms with Crippen molar-refractivity contribution in [3.8, 4) is 11.5 Å². The van der Waals surface area contributed by atoms with Gasteiger partial charge >= 0.3 is 0 Å². The van der Waals surface area contributed by atoms with E-state index in [1.165, 1.54) is 0 Å². The lowest BCUT2D eigenvalue weighted by molar-refractivity contribution is 0.474. The van der Waals surface area contributed by atoms with Crippen LogP contribution in [-0.2, 0) is 15.3 Å². The molecule has 4 aromatic carbocycles. The van der Waals surface area contributed by atoms with Gasteiger partial charge in [-0.25, -0.2) is 8.42 Å². The number of phenols is 2. The predicted octanol–water partition coefficient (Wildman–Crippen LogP) is 5.94. The Kier molecular flexibility index (Phi) is 7.01. The number of rotatable bonds is 4. The molecule has 164 valence electrons. The van der Waals surface area contributed by atoms with Crippen molar-refractivity contribution < 1.29 is 18.6 Å². The third-order valence-electron chi connectivity index (χ3n) is 5.28. The van der Waals surface area contributed by atoms with Crippen molar-refractivity contribution in [1.82, 2.24) is 0 Å². The van der Waals surface area contributed by atoms with E-state index in [9.17, 15) is 18.6 Å². The first kappa shape index (κ1) is 23.1. The van der Waals surface area contributed by atoms with Crippen molar-refractivity contribution in [2.24, 2.45) is 0 Å². The molecule has 0 atom stereocenters. The SMILES string of the molecule is CC(C)(c1ccc(O)cc1)c1ccc(O)cc1.O=S(=O)(c1ccccc1)c1ccccc1. The maximum absolute atomic E-state index is 12.0. The fourth-order valence-electron chi connectivity index (χ4n) is 3.26. The van der Waals surface area contributed by atoms with E-state index in [1.807, 2.05) is 24.3 Å². The fourth-order valence-corrected chi connectivity index (χ4v) is 4.56. The van der Waals surface area contributed by atoms with Gasteiger partial charge in [0.25, 0.3) is 0 Å². The van der Waals surface area contributed by atoms with Gasteiger partial charge in [0.2, 0.25) is 9.84 Å². The van der Waals surface area contributed by atoms with E-state index in [-0.39, 0.29) is 16.9 Å². The van der Waals surface area contributed by atoms with Gasteiger partial charge in [-0.1, -0.05) is 74.5 Å². The van der Waals surface area contributed by atoms with Gasteiger partial charge in [0.15, 0.2) is 0 Å². The van der Waals surface area contributed by atoms with Gasteiger partial charge in [-0.2, -0.15) is 0 Å². The average molecular weight is 447 g/mol. The number of phenolic OH excluding ortho intramolecular Hbond substituents is 2. The minimum Gasteiger partial charge on any atom is -0.508 e. The maximum Gasteiger partial charge on any atom is 0.206 e. The molecule has 0 amide bonds. The van der Waals surface area contributed by atoms with Crippen molar-refractivity contribution in [2.45, 2.75) is 29.1 Å². The molecule has 0 aliphatic rings. The lowest BCUT2D eigenvalue weighted by Gasteiger charge is -2.26. The molecule has 4 nitrogen and oxygen atoms in total. The summed E-state index contributed by atoms with van der Waals surface area (Å²) in [7, 11) is -3.34. The lowest BCUT2D eigenvalue weighted by Crippen LogP contribution is -2.18. The van der Waals surface area contributed by atoms with Crippen LogP contribution in [0.3, 0.4) is 0 Å². The first-order valence-corrected chi connectivity index (χ1v) is 11.6. The highest BCUT2D eigenvalue weighted by molar-refractivity contribution is 7.91. The van der Waals surface area contributed by atoms with Crippen LogP contribution < -0.4 is 0 Å². The monoisotopic (exact) mass is 446 g/mol. The van der Waals surface area contributed by atoms with Gasteiger partial charge in [-0.15, -0.1) is 0 Å². The highest BCUT2D eigenvalue weighted by Crippen LogP contribution is 2.32. The van der Waals surface area contributed by atoms with Crippen LogP contribution in [0.5, 0.6) is 11.5 Å². The Hall–Kier alpha value is -3.57. The van der Waals surface area contributed by atoms with Crippen molar-refractivity contribution in [3.63, 3.8) is 0 Å². The second kappa shape index (κ2) is 9.71. The Bertz CT molecular complexity index is 1140. The van der Waals surface area contributed by atoms with E-state index in [0.717, 1.165) is 11.1 Å². The molecule has 5 heteroatoms. The Morgan fingerprint density at radius 2 is 0.844 bits per heavy atom. The zero-order valence-corrected chi connectivity index (χ0v) is 18.8. The van der Waals surface area contributed by atoms with Crippen LogP contribution in [0, 0.1) is 0 Å². The molecular formula is C27H26O4S. The molecule has 0 heterocycles. The highest BCUT2D eigenvalue weighted by atomic mass is 32.2. The van der Waals surface area contributed by atoms with Gasteiger partial charge in [0.1, 0.15) is 11.5 Å². The molecule has 32 heavy (non-hydrogen) atoms. The second-order valence-corrected chi connectivity index (χ2v) is 9.80. The fraction of sp³-hybridized carbons (Fsp3) is 0.111. The summed E-state index contributed by atoms with van der Waals surface area (Å²) >= 11 is 0. The molecule has 0 unspecified atom stereocenters. The second-order valence-electron chi connectivity index (χ2n) is 7.85. The van der Waals surface area contributed by atoms with E-state index in [1.54, 1.807) is 84.9 Å². The van der Waals surface area contributed by atoms with E-state index in [2.05, 4.69) is 13.8 Å². The molecular weight excluding hydrogens is 420 g/mol. The number of aromatic hydroxyl groups is 2. The number of benzene rings is 4. The van der Waals surface area contributed by atoms with Crippen LogP contribution in [0.4, 0.5) is 0 Å². The van der Waals surface area contributed by atoms with Crippen LogP contribution in [0.15, 0.2) is 119 Å². The van der Waals surface area contributed by atoms with Gasteiger partial charge < -0.3 is 10.2 Å². The molecule has 4 rings (SSSR count). The van der Waals surface area contributed by atoms with Crippen molar-refractivity contribution >= 4 is 9.84 Å². The normalized spacial score (nSPS) is 11.3. The van der Waals surface area contributed by atoms with E-state index in [0.29, 0.717) is 9.79 Å². The first-order chi connectivity index (χ1) is 15.2. The largest absolute Gasteiger partial charge is 0.508 e. The molecule has 0 saturated carbocycles. The molecule has 0 saturated heterocycles. The third-order valence-corrected chi connectivity index (χ3v) is 7.07. The summed E-state index contributed by atoms with van der Waals surface area (Å²) in [5.41, 5.74) is 2.10. The summed E-state index contributed by atoms with van der Waals surface area (Å²) in [4.78, 5) is 0.660. The Balaban J connectivity index is 0.000000182. The van der Waals surface area contributed by atoms with Crippen LogP contribution in [0.1, 0.15) is 25.0 Å². The average Bonchev–Trinajstić information content (AvgIpc) is 2.81. The van der Waals surface area contributed by atoms with E-state index >= 15 is 0 Å². The summed E-state index contributed by atoms with van der Waals surface area (Å²) in [5.74, 6) is 0.547. The zero-order chi connectivity index (χ0) is 23.2. The highest BCUT2D eigenvalue weighted by Gasteiger charge is 2.22. The Morgan fingerprint density at radius 1 is 0.531 bits per heavy atom. The minimum atomic E-state index is -3.34. The molecule has 4 aromatic rings. The Labute approximate surface area is 189 Å². The van der Waals surface area contributed by atoms with Crippen molar-refractivity contribution in [2.75, 3.05) is 0 Å². The van der Waals surface area contributed by atoms with E-state index in [4.69, 9.17) is 0 Å². The summed E-state index contributed by atoms with van der Waals surface area (Å²) in [5, 5.41) is 18.6.